The molecular weight excluding hydrogens is 292 g/mol. The smallest absolute Gasteiger partial charge is 0.0959 e. The monoisotopic (exact) mass is 320 g/mol. The maximum atomic E-state index is 4.61. The standard InChI is InChI=1S/C22H28N2/c1-3-10-18(11-4-1)12-5-2-8-17-24-20-14-7-6-13-19(20)22-21(24)15-9-16-23-22/h6-7,9,13-16,18H,1-5,8,10-12,17H2. The maximum Gasteiger partial charge on any atom is 0.0959 e. The molecule has 126 valence electrons. The Balaban J connectivity index is 1.40. The Kier molecular flexibility index (Phi) is 4.82. The van der Waals surface area contributed by atoms with Gasteiger partial charge in [-0.3, -0.25) is 4.98 Å². The molecule has 1 saturated carbocycles. The lowest BCUT2D eigenvalue weighted by atomic mass is 9.85. The highest BCUT2D eigenvalue weighted by molar-refractivity contribution is 6.05. The molecule has 1 fully saturated rings. The second-order valence-electron chi connectivity index (χ2n) is 7.39. The molecule has 2 aromatic heterocycles. The fourth-order valence-electron chi connectivity index (χ4n) is 4.46. The Morgan fingerprint density at radius 1 is 0.875 bits per heavy atom. The van der Waals surface area contributed by atoms with E-state index < -0.39 is 0 Å². The molecule has 4 rings (SSSR count). The first kappa shape index (κ1) is 15.7. The molecule has 1 aliphatic rings. The van der Waals surface area contributed by atoms with E-state index >= 15 is 0 Å². The zero-order valence-corrected chi connectivity index (χ0v) is 14.6. The van der Waals surface area contributed by atoms with E-state index in [1.807, 2.05) is 6.20 Å². The van der Waals surface area contributed by atoms with Crippen LogP contribution in [-0.2, 0) is 6.54 Å². The van der Waals surface area contributed by atoms with Gasteiger partial charge in [0.1, 0.15) is 0 Å². The average molecular weight is 320 g/mol. The average Bonchev–Trinajstić information content (AvgIpc) is 2.97. The molecule has 0 N–H and O–H groups in total. The van der Waals surface area contributed by atoms with Crippen LogP contribution in [0.4, 0.5) is 0 Å². The molecule has 1 aromatic carbocycles. The van der Waals surface area contributed by atoms with E-state index in [9.17, 15) is 0 Å². The quantitative estimate of drug-likeness (QED) is 0.485. The van der Waals surface area contributed by atoms with Gasteiger partial charge in [0, 0.05) is 18.1 Å². The highest BCUT2D eigenvalue weighted by Crippen LogP contribution is 2.29. The molecule has 2 nitrogen and oxygen atoms in total. The summed E-state index contributed by atoms with van der Waals surface area (Å²) in [5, 5.41) is 1.29. The summed E-state index contributed by atoms with van der Waals surface area (Å²) in [6, 6.07) is 13.0. The van der Waals surface area contributed by atoms with Crippen LogP contribution >= 0.6 is 0 Å². The molecule has 2 heterocycles. The highest BCUT2D eigenvalue weighted by atomic mass is 15.0. The van der Waals surface area contributed by atoms with Crippen LogP contribution in [0, 0.1) is 5.92 Å². The summed E-state index contributed by atoms with van der Waals surface area (Å²) < 4.78 is 2.47. The molecule has 24 heavy (non-hydrogen) atoms. The Labute approximate surface area is 144 Å². The van der Waals surface area contributed by atoms with Crippen LogP contribution in [0.3, 0.4) is 0 Å². The van der Waals surface area contributed by atoms with E-state index in [1.54, 1.807) is 0 Å². The van der Waals surface area contributed by atoms with Crippen molar-refractivity contribution in [2.45, 2.75) is 64.3 Å². The van der Waals surface area contributed by atoms with Crippen LogP contribution in [0.15, 0.2) is 42.6 Å². The van der Waals surface area contributed by atoms with E-state index in [0.29, 0.717) is 0 Å². The minimum atomic E-state index is 1.02. The number of unbranched alkanes of at least 4 members (excludes halogenated alkanes) is 2. The predicted octanol–water partition coefficient (Wildman–Crippen LogP) is 6.33. The molecule has 2 heteroatoms. The molecule has 0 unspecified atom stereocenters. The highest BCUT2D eigenvalue weighted by Gasteiger charge is 2.13. The summed E-state index contributed by atoms with van der Waals surface area (Å²) in [5.74, 6) is 1.02. The fraction of sp³-hybridized carbons (Fsp3) is 0.500. The van der Waals surface area contributed by atoms with Gasteiger partial charge in [-0.25, -0.2) is 0 Å². The second kappa shape index (κ2) is 7.38. The second-order valence-corrected chi connectivity index (χ2v) is 7.39. The molecular formula is C22H28N2. The summed E-state index contributed by atoms with van der Waals surface area (Å²) in [6.45, 7) is 1.11. The van der Waals surface area contributed by atoms with Crippen molar-refractivity contribution in [3.63, 3.8) is 0 Å². The van der Waals surface area contributed by atoms with Gasteiger partial charge in [0.15, 0.2) is 0 Å². The fourth-order valence-corrected chi connectivity index (χ4v) is 4.46. The third kappa shape index (κ3) is 3.19. The van der Waals surface area contributed by atoms with Crippen LogP contribution < -0.4 is 0 Å². The molecule has 3 aromatic rings. The number of hydrogen-bond donors (Lipinski definition) is 0. The van der Waals surface area contributed by atoms with Gasteiger partial charge in [-0.15, -0.1) is 0 Å². The van der Waals surface area contributed by atoms with Crippen LogP contribution in [0.5, 0.6) is 0 Å². The Bertz CT molecular complexity index is 743. The Morgan fingerprint density at radius 2 is 1.71 bits per heavy atom. The minimum Gasteiger partial charge on any atom is -0.339 e. The number of rotatable bonds is 6. The number of hydrogen-bond acceptors (Lipinski definition) is 1. The number of para-hydroxylation sites is 1. The molecule has 0 atom stereocenters. The Morgan fingerprint density at radius 3 is 2.62 bits per heavy atom. The van der Waals surface area contributed by atoms with Gasteiger partial charge in [0.05, 0.1) is 16.6 Å². The molecule has 0 radical (unpaired) electrons. The van der Waals surface area contributed by atoms with Gasteiger partial charge in [0.25, 0.3) is 0 Å². The van der Waals surface area contributed by atoms with E-state index in [-0.39, 0.29) is 0 Å². The lowest BCUT2D eigenvalue weighted by Gasteiger charge is -2.21. The van der Waals surface area contributed by atoms with E-state index in [1.165, 1.54) is 74.2 Å². The minimum absolute atomic E-state index is 1.02. The van der Waals surface area contributed by atoms with E-state index in [0.717, 1.165) is 18.0 Å². The van der Waals surface area contributed by atoms with Crippen molar-refractivity contribution in [2.24, 2.45) is 5.92 Å². The zero-order chi connectivity index (χ0) is 16.2. The van der Waals surface area contributed by atoms with Gasteiger partial charge in [0.2, 0.25) is 0 Å². The maximum absolute atomic E-state index is 4.61. The Hall–Kier alpha value is -1.83. The SMILES string of the molecule is c1ccc2c(c1)c1ncccc1n2CCCCCC1CCCCC1. The van der Waals surface area contributed by atoms with Crippen molar-refractivity contribution in [1.82, 2.24) is 9.55 Å². The largest absolute Gasteiger partial charge is 0.339 e. The van der Waals surface area contributed by atoms with Gasteiger partial charge in [-0.2, -0.15) is 0 Å². The van der Waals surface area contributed by atoms with Gasteiger partial charge in [-0.1, -0.05) is 69.6 Å². The first-order valence-electron chi connectivity index (χ1n) is 9.75. The summed E-state index contributed by atoms with van der Waals surface area (Å²) in [7, 11) is 0. The predicted molar refractivity (Wildman–Crippen MR) is 102 cm³/mol. The first-order chi connectivity index (χ1) is 11.9. The van der Waals surface area contributed by atoms with Gasteiger partial charge < -0.3 is 4.57 Å². The van der Waals surface area contributed by atoms with Crippen LogP contribution in [0.1, 0.15) is 57.8 Å². The summed E-state index contributed by atoms with van der Waals surface area (Å²) in [6.07, 6.45) is 14.8. The van der Waals surface area contributed by atoms with Crippen LogP contribution in [-0.4, -0.2) is 9.55 Å². The molecule has 0 amide bonds. The molecule has 0 spiro atoms. The molecule has 0 saturated heterocycles. The molecule has 1 aliphatic carbocycles. The van der Waals surface area contributed by atoms with Crippen molar-refractivity contribution in [3.05, 3.63) is 42.6 Å². The zero-order valence-electron chi connectivity index (χ0n) is 14.6. The number of pyridine rings is 1. The number of nitrogens with zero attached hydrogens (tertiary/aromatic N) is 2. The summed E-state index contributed by atoms with van der Waals surface area (Å²) >= 11 is 0. The topological polar surface area (TPSA) is 17.8 Å². The van der Waals surface area contributed by atoms with Crippen LogP contribution in [0.2, 0.25) is 0 Å². The van der Waals surface area contributed by atoms with E-state index in [2.05, 4.69) is 45.9 Å². The number of aryl methyl sites for hydroxylation is 1. The van der Waals surface area contributed by atoms with Crippen LogP contribution in [0.25, 0.3) is 21.9 Å². The van der Waals surface area contributed by atoms with E-state index in [4.69, 9.17) is 0 Å². The summed E-state index contributed by atoms with van der Waals surface area (Å²) in [4.78, 5) is 4.61. The lowest BCUT2D eigenvalue weighted by molar-refractivity contribution is 0.327. The first-order valence-corrected chi connectivity index (χ1v) is 9.75. The molecule has 0 aliphatic heterocycles. The van der Waals surface area contributed by atoms with Crippen molar-refractivity contribution in [2.75, 3.05) is 0 Å². The lowest BCUT2D eigenvalue weighted by Crippen LogP contribution is -2.06. The van der Waals surface area contributed by atoms with Crippen molar-refractivity contribution >= 4 is 21.9 Å². The third-order valence-electron chi connectivity index (χ3n) is 5.75. The van der Waals surface area contributed by atoms with Gasteiger partial charge in [-0.05, 0) is 30.5 Å². The van der Waals surface area contributed by atoms with Crippen molar-refractivity contribution < 1.29 is 0 Å². The number of aromatic nitrogens is 2. The third-order valence-corrected chi connectivity index (χ3v) is 5.75. The normalized spacial score (nSPS) is 16.2. The van der Waals surface area contributed by atoms with Crippen molar-refractivity contribution in [3.8, 4) is 0 Å². The number of benzene rings is 1. The molecule has 0 bridgehead atoms. The van der Waals surface area contributed by atoms with Crippen molar-refractivity contribution in [1.29, 1.82) is 0 Å². The van der Waals surface area contributed by atoms with Gasteiger partial charge >= 0.3 is 0 Å². The number of fused-ring (bicyclic) bond motifs is 3. The summed E-state index contributed by atoms with van der Waals surface area (Å²) in [5.41, 5.74) is 3.76.